The highest BCUT2D eigenvalue weighted by molar-refractivity contribution is 7.99. The Bertz CT molecular complexity index is 701. The van der Waals surface area contributed by atoms with Crippen molar-refractivity contribution < 1.29 is 9.90 Å². The average Bonchev–Trinajstić information content (AvgIpc) is 2.51. The number of rotatable bonds is 6. The summed E-state index contributed by atoms with van der Waals surface area (Å²) in [5.74, 6) is -0.334. The van der Waals surface area contributed by atoms with Crippen molar-refractivity contribution >= 4 is 17.7 Å². The van der Waals surface area contributed by atoms with Crippen LogP contribution in [-0.4, -0.2) is 33.3 Å². The maximum atomic E-state index is 11.7. The molecule has 0 bridgehead atoms. The number of H-pyrrole nitrogens is 1. The summed E-state index contributed by atoms with van der Waals surface area (Å²) in [5, 5.41) is 12.5. The molecule has 0 aliphatic carbocycles. The lowest BCUT2D eigenvalue weighted by molar-refractivity contribution is -0.118. The van der Waals surface area contributed by atoms with E-state index in [1.54, 1.807) is 0 Å². The summed E-state index contributed by atoms with van der Waals surface area (Å²) >= 11 is 1.07. The Morgan fingerprint density at radius 3 is 2.77 bits per heavy atom. The third kappa shape index (κ3) is 4.63. The second kappa shape index (κ2) is 7.65. The molecule has 1 amide bonds. The van der Waals surface area contributed by atoms with Crippen LogP contribution in [0, 0.1) is 6.92 Å². The lowest BCUT2D eigenvalue weighted by Crippen LogP contribution is -2.27. The standard InChI is InChI=1S/C15H17N3O3S/c1-10-13(20)17-15(18-14(10)21)22-9-12(19)16-8-7-11-5-3-2-4-6-11/h2-6H,7-9H2,1H3,(H,16,19)(H2,17,18,20,21). The minimum Gasteiger partial charge on any atom is -0.493 e. The number of carbonyl (C=O) groups excluding carboxylic acids is 1. The highest BCUT2D eigenvalue weighted by atomic mass is 32.2. The summed E-state index contributed by atoms with van der Waals surface area (Å²) in [6.45, 7) is 2.03. The van der Waals surface area contributed by atoms with Gasteiger partial charge in [0.1, 0.15) is 0 Å². The number of thioether (sulfide) groups is 1. The van der Waals surface area contributed by atoms with Crippen LogP contribution in [-0.2, 0) is 11.2 Å². The van der Waals surface area contributed by atoms with Gasteiger partial charge in [-0.2, -0.15) is 4.98 Å². The van der Waals surface area contributed by atoms with Gasteiger partial charge in [0.2, 0.25) is 11.8 Å². The molecule has 7 heteroatoms. The molecule has 0 saturated heterocycles. The predicted octanol–water partition coefficient (Wildman–Crippen LogP) is 1.23. The Labute approximate surface area is 132 Å². The Morgan fingerprint density at radius 1 is 1.36 bits per heavy atom. The van der Waals surface area contributed by atoms with Crippen molar-refractivity contribution in [1.82, 2.24) is 15.3 Å². The molecule has 0 fully saturated rings. The van der Waals surface area contributed by atoms with E-state index < -0.39 is 5.56 Å². The van der Waals surface area contributed by atoms with E-state index >= 15 is 0 Å². The zero-order valence-corrected chi connectivity index (χ0v) is 12.9. The zero-order valence-electron chi connectivity index (χ0n) is 12.1. The number of nitrogens with one attached hydrogen (secondary N) is 2. The van der Waals surface area contributed by atoms with E-state index in [1.807, 2.05) is 30.3 Å². The van der Waals surface area contributed by atoms with Crippen molar-refractivity contribution in [3.63, 3.8) is 0 Å². The van der Waals surface area contributed by atoms with E-state index in [2.05, 4.69) is 15.3 Å². The van der Waals surface area contributed by atoms with Gasteiger partial charge in [0, 0.05) is 6.54 Å². The molecule has 0 spiro atoms. The van der Waals surface area contributed by atoms with Gasteiger partial charge in [0.05, 0.1) is 11.3 Å². The highest BCUT2D eigenvalue weighted by Crippen LogP contribution is 2.15. The molecule has 0 radical (unpaired) electrons. The molecular formula is C15H17N3O3S. The van der Waals surface area contributed by atoms with Crippen molar-refractivity contribution in [3.8, 4) is 5.88 Å². The van der Waals surface area contributed by atoms with Crippen LogP contribution >= 0.6 is 11.8 Å². The number of hydrogen-bond donors (Lipinski definition) is 3. The molecule has 6 nitrogen and oxygen atoms in total. The van der Waals surface area contributed by atoms with E-state index in [1.165, 1.54) is 6.92 Å². The largest absolute Gasteiger partial charge is 0.493 e. The molecule has 0 atom stereocenters. The molecule has 1 heterocycles. The van der Waals surface area contributed by atoms with Gasteiger partial charge in [0.25, 0.3) is 5.56 Å². The Morgan fingerprint density at radius 2 is 2.09 bits per heavy atom. The van der Waals surface area contributed by atoms with Crippen molar-refractivity contribution in [3.05, 3.63) is 51.8 Å². The summed E-state index contributed by atoms with van der Waals surface area (Å²) in [7, 11) is 0. The third-order valence-corrected chi connectivity index (χ3v) is 3.90. The molecule has 0 saturated carbocycles. The van der Waals surface area contributed by atoms with Crippen LogP contribution in [0.15, 0.2) is 40.3 Å². The second-order valence-corrected chi connectivity index (χ2v) is 5.66. The summed E-state index contributed by atoms with van der Waals surface area (Å²) < 4.78 is 0. The van der Waals surface area contributed by atoms with Crippen molar-refractivity contribution in [2.24, 2.45) is 0 Å². The monoisotopic (exact) mass is 319 g/mol. The first-order valence-corrected chi connectivity index (χ1v) is 7.78. The number of nitrogens with zero attached hydrogens (tertiary/aromatic N) is 1. The van der Waals surface area contributed by atoms with Crippen LogP contribution in [0.2, 0.25) is 0 Å². The SMILES string of the molecule is Cc1c(O)nc(SCC(=O)NCCc2ccccc2)[nH]c1=O. The van der Waals surface area contributed by atoms with Gasteiger partial charge in [-0.3, -0.25) is 9.59 Å². The van der Waals surface area contributed by atoms with Gasteiger partial charge in [0.15, 0.2) is 5.16 Å². The highest BCUT2D eigenvalue weighted by Gasteiger charge is 2.08. The molecule has 0 aliphatic heterocycles. The lowest BCUT2D eigenvalue weighted by Gasteiger charge is -2.05. The average molecular weight is 319 g/mol. The van der Waals surface area contributed by atoms with Crippen molar-refractivity contribution in [1.29, 1.82) is 0 Å². The molecule has 0 aliphatic rings. The maximum absolute atomic E-state index is 11.7. The van der Waals surface area contributed by atoms with E-state index in [9.17, 15) is 14.7 Å². The van der Waals surface area contributed by atoms with Crippen molar-refractivity contribution in [2.75, 3.05) is 12.3 Å². The number of amides is 1. The topological polar surface area (TPSA) is 95.1 Å². The molecule has 116 valence electrons. The maximum Gasteiger partial charge on any atom is 0.258 e. The molecule has 2 rings (SSSR count). The molecule has 0 unspecified atom stereocenters. The number of carbonyl (C=O) groups is 1. The van der Waals surface area contributed by atoms with Crippen LogP contribution in [0.5, 0.6) is 5.88 Å². The van der Waals surface area contributed by atoms with E-state index in [-0.39, 0.29) is 28.3 Å². The van der Waals surface area contributed by atoms with Crippen LogP contribution < -0.4 is 10.9 Å². The molecular weight excluding hydrogens is 302 g/mol. The van der Waals surface area contributed by atoms with Crippen LogP contribution in [0.4, 0.5) is 0 Å². The Hall–Kier alpha value is -2.28. The van der Waals surface area contributed by atoms with Gasteiger partial charge >= 0.3 is 0 Å². The third-order valence-electron chi connectivity index (χ3n) is 3.02. The van der Waals surface area contributed by atoms with Gasteiger partial charge in [-0.15, -0.1) is 0 Å². The van der Waals surface area contributed by atoms with Crippen LogP contribution in [0.3, 0.4) is 0 Å². The number of hydrogen-bond acceptors (Lipinski definition) is 5. The number of aromatic amines is 1. The van der Waals surface area contributed by atoms with Gasteiger partial charge in [-0.25, -0.2) is 0 Å². The summed E-state index contributed by atoms with van der Waals surface area (Å²) in [4.78, 5) is 29.5. The lowest BCUT2D eigenvalue weighted by atomic mass is 10.1. The molecule has 2 aromatic rings. The first-order chi connectivity index (χ1) is 10.6. The second-order valence-electron chi connectivity index (χ2n) is 4.69. The van der Waals surface area contributed by atoms with Gasteiger partial charge in [-0.1, -0.05) is 42.1 Å². The molecule has 22 heavy (non-hydrogen) atoms. The number of aromatic nitrogens is 2. The number of aromatic hydroxyl groups is 1. The smallest absolute Gasteiger partial charge is 0.258 e. The fourth-order valence-electron chi connectivity index (χ4n) is 1.74. The first kappa shape index (κ1) is 16.1. The summed E-state index contributed by atoms with van der Waals surface area (Å²) in [6, 6.07) is 9.87. The van der Waals surface area contributed by atoms with Gasteiger partial charge < -0.3 is 15.4 Å². The Kier molecular flexibility index (Phi) is 5.60. The van der Waals surface area contributed by atoms with E-state index in [0.29, 0.717) is 6.54 Å². The zero-order chi connectivity index (χ0) is 15.9. The number of benzene rings is 1. The molecule has 1 aromatic heterocycles. The minimum absolute atomic E-state index is 0.125. The molecule has 3 N–H and O–H groups in total. The van der Waals surface area contributed by atoms with Gasteiger partial charge in [-0.05, 0) is 18.9 Å². The van der Waals surface area contributed by atoms with Crippen LogP contribution in [0.1, 0.15) is 11.1 Å². The quantitative estimate of drug-likeness (QED) is 0.550. The molecule has 1 aromatic carbocycles. The summed E-state index contributed by atoms with van der Waals surface area (Å²) in [6.07, 6.45) is 0.762. The van der Waals surface area contributed by atoms with E-state index in [4.69, 9.17) is 0 Å². The minimum atomic E-state index is -0.403. The summed E-state index contributed by atoms with van der Waals surface area (Å²) in [5.41, 5.74) is 0.918. The Balaban J connectivity index is 1.77. The fraction of sp³-hybridized carbons (Fsp3) is 0.267. The normalized spacial score (nSPS) is 10.4. The first-order valence-electron chi connectivity index (χ1n) is 6.79. The van der Waals surface area contributed by atoms with Crippen molar-refractivity contribution in [2.45, 2.75) is 18.5 Å². The fourth-order valence-corrected chi connectivity index (χ4v) is 2.43. The van der Waals surface area contributed by atoms with E-state index in [0.717, 1.165) is 23.7 Å². The van der Waals surface area contributed by atoms with Crippen LogP contribution in [0.25, 0.3) is 0 Å². The predicted molar refractivity (Wildman–Crippen MR) is 85.1 cm³/mol.